The largest absolute Gasteiger partial charge is 0.354 e. The maximum Gasteiger partial charge on any atom is 0.193 e. The van der Waals surface area contributed by atoms with Crippen LogP contribution in [0.3, 0.4) is 0 Å². The number of halogens is 1. The number of fused-ring (bicyclic) bond motifs is 1. The number of hydrogen-bond acceptors (Lipinski definition) is 2. The van der Waals surface area contributed by atoms with Crippen molar-refractivity contribution in [2.45, 2.75) is 31.7 Å². The molecule has 0 radical (unpaired) electrons. The van der Waals surface area contributed by atoms with Gasteiger partial charge in [0.1, 0.15) is 5.82 Å². The maximum atomic E-state index is 13.6. The monoisotopic (exact) mass is 346 g/mol. The molecule has 1 aliphatic carbocycles. The predicted octanol–water partition coefficient (Wildman–Crippen LogP) is 3.13. The zero-order valence-corrected chi connectivity index (χ0v) is 15.7. The van der Waals surface area contributed by atoms with Crippen molar-refractivity contribution in [1.29, 1.82) is 0 Å². The summed E-state index contributed by atoms with van der Waals surface area (Å²) in [6, 6.07) is 7.00. The third-order valence-electron chi connectivity index (χ3n) is 5.80. The highest BCUT2D eigenvalue weighted by Gasteiger charge is 2.35. The van der Waals surface area contributed by atoms with Crippen LogP contribution in [-0.4, -0.2) is 56.5 Å². The Kier molecular flexibility index (Phi) is 5.94. The molecule has 1 saturated carbocycles. The zero-order chi connectivity index (χ0) is 17.8. The van der Waals surface area contributed by atoms with Gasteiger partial charge in [0.25, 0.3) is 0 Å². The Morgan fingerprint density at radius 2 is 1.96 bits per heavy atom. The van der Waals surface area contributed by atoms with Crippen LogP contribution in [0, 0.1) is 17.7 Å². The lowest BCUT2D eigenvalue weighted by Gasteiger charge is -2.28. The molecule has 1 aromatic carbocycles. The first-order chi connectivity index (χ1) is 12.1. The van der Waals surface area contributed by atoms with Crippen molar-refractivity contribution < 1.29 is 4.39 Å². The van der Waals surface area contributed by atoms with Gasteiger partial charge in [0.2, 0.25) is 0 Å². The number of rotatable bonds is 4. The molecule has 2 fully saturated rings. The summed E-state index contributed by atoms with van der Waals surface area (Å²) < 4.78 is 13.6. The summed E-state index contributed by atoms with van der Waals surface area (Å²) in [5.41, 5.74) is 0.989. The van der Waals surface area contributed by atoms with Crippen molar-refractivity contribution in [3.8, 4) is 0 Å². The lowest BCUT2D eigenvalue weighted by atomic mass is 9.82. The number of hydrogen-bond donors (Lipinski definition) is 1. The van der Waals surface area contributed by atoms with Crippen molar-refractivity contribution >= 4 is 5.96 Å². The van der Waals surface area contributed by atoms with Crippen molar-refractivity contribution in [3.05, 3.63) is 35.6 Å². The molecule has 2 aliphatic rings. The SMILES string of the molecule is CN=C(NCC(c1cccc(F)c1)N(C)C)N1CC2CCCCC2C1. The number of likely N-dealkylation sites (tertiary alicyclic amines) is 1. The lowest BCUT2D eigenvalue weighted by Crippen LogP contribution is -2.43. The van der Waals surface area contributed by atoms with Crippen LogP contribution in [-0.2, 0) is 0 Å². The molecule has 3 atom stereocenters. The van der Waals surface area contributed by atoms with E-state index in [1.807, 2.05) is 27.2 Å². The molecule has 4 nitrogen and oxygen atoms in total. The van der Waals surface area contributed by atoms with Gasteiger partial charge in [-0.05, 0) is 56.5 Å². The zero-order valence-electron chi connectivity index (χ0n) is 15.7. The van der Waals surface area contributed by atoms with Crippen molar-refractivity contribution in [2.75, 3.05) is 40.8 Å². The average Bonchev–Trinajstić information content (AvgIpc) is 3.02. The number of guanidine groups is 1. The van der Waals surface area contributed by atoms with Crippen LogP contribution in [0.1, 0.15) is 37.3 Å². The molecule has 0 spiro atoms. The summed E-state index contributed by atoms with van der Waals surface area (Å²) in [6.45, 7) is 2.96. The van der Waals surface area contributed by atoms with Gasteiger partial charge >= 0.3 is 0 Å². The molecule has 3 unspecified atom stereocenters. The fourth-order valence-electron chi connectivity index (χ4n) is 4.41. The molecule has 5 heteroatoms. The summed E-state index contributed by atoms with van der Waals surface area (Å²) in [6.07, 6.45) is 5.48. The van der Waals surface area contributed by atoms with Gasteiger partial charge < -0.3 is 15.1 Å². The lowest BCUT2D eigenvalue weighted by molar-refractivity contribution is 0.294. The first kappa shape index (κ1) is 18.2. The van der Waals surface area contributed by atoms with Crippen LogP contribution in [0.4, 0.5) is 4.39 Å². The van der Waals surface area contributed by atoms with Crippen LogP contribution in [0.2, 0.25) is 0 Å². The van der Waals surface area contributed by atoms with E-state index in [0.717, 1.165) is 43.0 Å². The second-order valence-corrected chi connectivity index (χ2v) is 7.67. The molecule has 1 aliphatic heterocycles. The minimum absolute atomic E-state index is 0.109. The second-order valence-electron chi connectivity index (χ2n) is 7.67. The van der Waals surface area contributed by atoms with Gasteiger partial charge in [0.15, 0.2) is 5.96 Å². The normalized spacial score (nSPS) is 25.2. The highest BCUT2D eigenvalue weighted by molar-refractivity contribution is 5.80. The van der Waals surface area contributed by atoms with Crippen LogP contribution in [0.15, 0.2) is 29.3 Å². The number of likely N-dealkylation sites (N-methyl/N-ethyl adjacent to an activating group) is 1. The van der Waals surface area contributed by atoms with E-state index in [0.29, 0.717) is 0 Å². The second kappa shape index (κ2) is 8.17. The Balaban J connectivity index is 1.63. The fraction of sp³-hybridized carbons (Fsp3) is 0.650. The molecule has 0 bridgehead atoms. The third kappa shape index (κ3) is 4.32. The number of nitrogens with zero attached hydrogens (tertiary/aromatic N) is 3. The minimum Gasteiger partial charge on any atom is -0.354 e. The number of benzene rings is 1. The molecule has 3 rings (SSSR count). The standard InChI is InChI=1S/C20H31FN4/c1-22-20(25-13-16-7-4-5-8-17(16)14-25)23-12-19(24(2)3)15-9-6-10-18(21)11-15/h6,9-11,16-17,19H,4-5,7-8,12-14H2,1-3H3,(H,22,23). The highest BCUT2D eigenvalue weighted by Crippen LogP contribution is 2.36. The third-order valence-corrected chi connectivity index (χ3v) is 5.80. The average molecular weight is 346 g/mol. The molecule has 1 aromatic rings. The molecule has 0 amide bonds. The Hall–Kier alpha value is -1.62. The van der Waals surface area contributed by atoms with E-state index < -0.39 is 0 Å². The van der Waals surface area contributed by atoms with E-state index in [9.17, 15) is 4.39 Å². The van der Waals surface area contributed by atoms with Crippen molar-refractivity contribution in [1.82, 2.24) is 15.1 Å². The van der Waals surface area contributed by atoms with E-state index >= 15 is 0 Å². The van der Waals surface area contributed by atoms with Crippen molar-refractivity contribution in [2.24, 2.45) is 16.8 Å². The van der Waals surface area contributed by atoms with E-state index in [4.69, 9.17) is 0 Å². The van der Waals surface area contributed by atoms with Crippen LogP contribution >= 0.6 is 0 Å². The quantitative estimate of drug-likeness (QED) is 0.671. The van der Waals surface area contributed by atoms with Gasteiger partial charge in [0, 0.05) is 26.7 Å². The van der Waals surface area contributed by atoms with Gasteiger partial charge in [-0.1, -0.05) is 25.0 Å². The smallest absolute Gasteiger partial charge is 0.193 e. The molecule has 0 aromatic heterocycles. The Morgan fingerprint density at radius 1 is 1.28 bits per heavy atom. The van der Waals surface area contributed by atoms with Crippen LogP contribution < -0.4 is 5.32 Å². The van der Waals surface area contributed by atoms with Gasteiger partial charge in [-0.3, -0.25) is 4.99 Å². The molecule has 1 heterocycles. The topological polar surface area (TPSA) is 30.9 Å². The molecule has 25 heavy (non-hydrogen) atoms. The van der Waals surface area contributed by atoms with Gasteiger partial charge in [-0.15, -0.1) is 0 Å². The van der Waals surface area contributed by atoms with E-state index in [1.165, 1.54) is 31.7 Å². The van der Waals surface area contributed by atoms with Crippen molar-refractivity contribution in [3.63, 3.8) is 0 Å². The van der Waals surface area contributed by atoms with Gasteiger partial charge in [-0.25, -0.2) is 4.39 Å². The summed E-state index contributed by atoms with van der Waals surface area (Å²) in [5.74, 6) is 2.47. The Bertz CT molecular complexity index is 587. The van der Waals surface area contributed by atoms with Crippen LogP contribution in [0.5, 0.6) is 0 Å². The van der Waals surface area contributed by atoms with Gasteiger partial charge in [-0.2, -0.15) is 0 Å². The molecular weight excluding hydrogens is 315 g/mol. The Morgan fingerprint density at radius 3 is 2.52 bits per heavy atom. The van der Waals surface area contributed by atoms with E-state index in [2.05, 4.69) is 20.1 Å². The van der Waals surface area contributed by atoms with Gasteiger partial charge in [0.05, 0.1) is 6.04 Å². The molecule has 1 N–H and O–H groups in total. The summed E-state index contributed by atoms with van der Waals surface area (Å²) in [4.78, 5) is 9.05. The first-order valence-electron chi connectivity index (χ1n) is 9.46. The summed E-state index contributed by atoms with van der Waals surface area (Å²) in [5, 5.41) is 3.53. The minimum atomic E-state index is -0.183. The summed E-state index contributed by atoms with van der Waals surface area (Å²) >= 11 is 0. The predicted molar refractivity (Wildman–Crippen MR) is 101 cm³/mol. The fourth-order valence-corrected chi connectivity index (χ4v) is 4.41. The molecule has 138 valence electrons. The number of nitrogens with one attached hydrogen (secondary N) is 1. The van der Waals surface area contributed by atoms with E-state index in [-0.39, 0.29) is 11.9 Å². The van der Waals surface area contributed by atoms with Crippen LogP contribution in [0.25, 0.3) is 0 Å². The highest BCUT2D eigenvalue weighted by atomic mass is 19.1. The van der Waals surface area contributed by atoms with E-state index in [1.54, 1.807) is 12.1 Å². The Labute approximate surface area is 151 Å². The maximum absolute atomic E-state index is 13.6. The molecular formula is C20H31FN4. The molecule has 1 saturated heterocycles. The summed E-state index contributed by atoms with van der Waals surface area (Å²) in [7, 11) is 5.92. The first-order valence-corrected chi connectivity index (χ1v) is 9.46. The number of aliphatic imine (C=N–C) groups is 1.